The van der Waals surface area contributed by atoms with E-state index in [9.17, 15) is 27.2 Å². The molecule has 42 heavy (non-hydrogen) atoms. The summed E-state index contributed by atoms with van der Waals surface area (Å²) < 4.78 is 70.5. The van der Waals surface area contributed by atoms with Crippen LogP contribution in [0.25, 0.3) is 0 Å². The topological polar surface area (TPSA) is 77.1 Å². The number of amides is 2. The zero-order valence-corrected chi connectivity index (χ0v) is 21.6. The molecule has 0 aliphatic carbocycles. The highest BCUT2D eigenvalue weighted by atomic mass is 19.4. The second kappa shape index (κ2) is 9.23. The van der Waals surface area contributed by atoms with Crippen LogP contribution in [0, 0.1) is 5.82 Å². The van der Waals surface area contributed by atoms with Crippen molar-refractivity contribution in [1.29, 1.82) is 0 Å². The van der Waals surface area contributed by atoms with Gasteiger partial charge in [-0.15, -0.1) is 0 Å². The van der Waals surface area contributed by atoms with E-state index < -0.39 is 34.6 Å². The van der Waals surface area contributed by atoms with Gasteiger partial charge in [0.15, 0.2) is 11.5 Å². The number of anilines is 2. The molecule has 7 nitrogen and oxygen atoms in total. The number of nitrogens with one attached hydrogen (secondary N) is 1. The summed E-state index contributed by atoms with van der Waals surface area (Å²) in [7, 11) is 0. The number of fused-ring (bicyclic) bond motifs is 5. The maximum Gasteiger partial charge on any atom is 0.418 e. The van der Waals surface area contributed by atoms with E-state index in [0.29, 0.717) is 34.4 Å². The van der Waals surface area contributed by atoms with Gasteiger partial charge >= 0.3 is 6.18 Å². The summed E-state index contributed by atoms with van der Waals surface area (Å²) >= 11 is 0. The number of rotatable bonds is 4. The van der Waals surface area contributed by atoms with Crippen molar-refractivity contribution in [3.8, 4) is 17.2 Å². The van der Waals surface area contributed by atoms with E-state index in [1.54, 1.807) is 29.2 Å². The first-order chi connectivity index (χ1) is 20.1. The molecule has 1 spiro atoms. The largest absolute Gasteiger partial charge is 0.491 e. The summed E-state index contributed by atoms with van der Waals surface area (Å²) in [6, 6.07) is 19.2. The van der Waals surface area contributed by atoms with Gasteiger partial charge in [-0.05, 0) is 53.6 Å². The third-order valence-electron chi connectivity index (χ3n) is 7.74. The molecule has 0 fully saturated rings. The highest BCUT2D eigenvalue weighted by Crippen LogP contribution is 2.55. The van der Waals surface area contributed by atoms with Crippen molar-refractivity contribution < 1.29 is 41.4 Å². The Kier molecular flexibility index (Phi) is 5.69. The van der Waals surface area contributed by atoms with E-state index in [1.165, 1.54) is 12.1 Å². The van der Waals surface area contributed by atoms with Gasteiger partial charge in [0.05, 0.1) is 17.8 Å². The van der Waals surface area contributed by atoms with Crippen LogP contribution in [0.5, 0.6) is 17.2 Å². The maximum absolute atomic E-state index is 14.2. The molecule has 2 amide bonds. The van der Waals surface area contributed by atoms with Crippen molar-refractivity contribution in [2.45, 2.75) is 18.1 Å². The van der Waals surface area contributed by atoms with Gasteiger partial charge in [-0.1, -0.05) is 30.3 Å². The molecular weight excluding hydrogens is 556 g/mol. The van der Waals surface area contributed by atoms with Crippen molar-refractivity contribution in [2.75, 3.05) is 23.6 Å². The summed E-state index contributed by atoms with van der Waals surface area (Å²) in [5.41, 5.74) is 0.0798. The number of carbonyl (C=O) groups excluding carboxylic acids is 2. The molecule has 3 aliphatic rings. The van der Waals surface area contributed by atoms with Crippen molar-refractivity contribution in [2.24, 2.45) is 0 Å². The van der Waals surface area contributed by atoms with E-state index in [4.69, 9.17) is 14.2 Å². The van der Waals surface area contributed by atoms with Gasteiger partial charge in [-0.3, -0.25) is 9.59 Å². The van der Waals surface area contributed by atoms with E-state index >= 15 is 0 Å². The zero-order chi connectivity index (χ0) is 29.2. The van der Waals surface area contributed by atoms with Gasteiger partial charge in [0.25, 0.3) is 5.91 Å². The summed E-state index contributed by atoms with van der Waals surface area (Å²) in [6.45, 7) is 0.374. The average molecular weight is 577 g/mol. The number of hydrogen-bond acceptors (Lipinski definition) is 5. The molecule has 0 saturated heterocycles. The lowest BCUT2D eigenvalue weighted by atomic mass is 9.77. The van der Waals surface area contributed by atoms with Gasteiger partial charge in [-0.2, -0.15) is 13.2 Å². The van der Waals surface area contributed by atoms with Crippen LogP contribution in [0.4, 0.5) is 28.9 Å². The Morgan fingerprint density at radius 3 is 2.38 bits per heavy atom. The number of benzene rings is 4. The Hall–Kier alpha value is -5.06. The number of nitrogens with zero attached hydrogens (tertiary/aromatic N) is 1. The molecule has 4 aromatic carbocycles. The van der Waals surface area contributed by atoms with Crippen LogP contribution in [-0.4, -0.2) is 25.2 Å². The van der Waals surface area contributed by atoms with E-state index in [-0.39, 0.29) is 31.4 Å². The van der Waals surface area contributed by atoms with Gasteiger partial charge in [0.2, 0.25) is 12.7 Å². The highest BCUT2D eigenvalue weighted by Gasteiger charge is 2.57. The van der Waals surface area contributed by atoms with Crippen molar-refractivity contribution in [3.63, 3.8) is 0 Å². The number of para-hydroxylation sites is 1. The SMILES string of the molecule is O=C(Nc1ccc(F)cc1C(F)(F)F)c1ccc(CN2C(=O)C3(COc4cc5c(cc43)OCO5)c3ccccc32)cc1. The minimum absolute atomic E-state index is 0.0866. The van der Waals surface area contributed by atoms with Crippen LogP contribution in [0.1, 0.15) is 32.6 Å². The summed E-state index contributed by atoms with van der Waals surface area (Å²) in [5, 5.41) is 2.21. The van der Waals surface area contributed by atoms with Crippen LogP contribution in [0.15, 0.2) is 78.9 Å². The quantitative estimate of drug-likeness (QED) is 0.300. The van der Waals surface area contributed by atoms with Crippen molar-refractivity contribution >= 4 is 23.2 Å². The lowest BCUT2D eigenvalue weighted by molar-refractivity contribution is -0.137. The van der Waals surface area contributed by atoms with E-state index in [0.717, 1.165) is 23.4 Å². The fourth-order valence-corrected chi connectivity index (χ4v) is 5.72. The van der Waals surface area contributed by atoms with Gasteiger partial charge in [0.1, 0.15) is 23.6 Å². The molecule has 7 rings (SSSR count). The molecule has 3 heterocycles. The third kappa shape index (κ3) is 3.95. The number of hydrogen-bond donors (Lipinski definition) is 1. The summed E-state index contributed by atoms with van der Waals surface area (Å²) in [6.07, 6.45) is -4.85. The first-order valence-corrected chi connectivity index (χ1v) is 12.9. The molecule has 11 heteroatoms. The molecule has 0 saturated carbocycles. The Morgan fingerprint density at radius 2 is 1.62 bits per heavy atom. The molecule has 4 aromatic rings. The first-order valence-electron chi connectivity index (χ1n) is 12.9. The minimum Gasteiger partial charge on any atom is -0.491 e. The van der Waals surface area contributed by atoms with Crippen LogP contribution >= 0.6 is 0 Å². The van der Waals surface area contributed by atoms with Crippen LogP contribution < -0.4 is 24.4 Å². The predicted molar refractivity (Wildman–Crippen MR) is 142 cm³/mol. The molecule has 3 aliphatic heterocycles. The fraction of sp³-hybridized carbons (Fsp3) is 0.161. The van der Waals surface area contributed by atoms with Crippen LogP contribution in [-0.2, 0) is 22.9 Å². The summed E-state index contributed by atoms with van der Waals surface area (Å²) in [5.74, 6) is -0.394. The predicted octanol–water partition coefficient (Wildman–Crippen LogP) is 6.05. The standard InChI is InChI=1S/C31H20F4N2O5/c32-19-9-10-23(21(11-19)31(33,34)35)36-28(38)18-7-5-17(6-8-18)14-37-24-4-2-1-3-20(24)30(29(37)39)15-40-25-13-27-26(12-22(25)30)41-16-42-27/h1-13H,14-16H2,(H,36,38). The Morgan fingerprint density at radius 1 is 0.881 bits per heavy atom. The normalized spacial score (nSPS) is 18.2. The third-order valence-corrected chi connectivity index (χ3v) is 7.74. The van der Waals surface area contributed by atoms with Gasteiger partial charge in [-0.25, -0.2) is 4.39 Å². The van der Waals surface area contributed by atoms with Crippen molar-refractivity contribution in [3.05, 3.63) is 112 Å². The molecule has 0 bridgehead atoms. The molecule has 1 unspecified atom stereocenters. The number of carbonyl (C=O) groups is 2. The maximum atomic E-state index is 14.2. The Labute approximate surface area is 236 Å². The highest BCUT2D eigenvalue weighted by molar-refractivity contribution is 6.11. The fourth-order valence-electron chi connectivity index (χ4n) is 5.72. The average Bonchev–Trinajstić information content (AvgIpc) is 3.65. The molecule has 1 atom stereocenters. The second-order valence-corrected chi connectivity index (χ2v) is 10.1. The molecular formula is C31H20F4N2O5. The second-order valence-electron chi connectivity index (χ2n) is 10.1. The smallest absolute Gasteiger partial charge is 0.418 e. The van der Waals surface area contributed by atoms with Crippen molar-refractivity contribution in [1.82, 2.24) is 0 Å². The van der Waals surface area contributed by atoms with Gasteiger partial charge in [0, 0.05) is 22.9 Å². The number of alkyl halides is 3. The Bertz CT molecular complexity index is 1770. The monoisotopic (exact) mass is 576 g/mol. The summed E-state index contributed by atoms with van der Waals surface area (Å²) in [4.78, 5) is 28.6. The molecule has 1 N–H and O–H groups in total. The Balaban J connectivity index is 1.15. The minimum atomic E-state index is -4.85. The lowest BCUT2D eigenvalue weighted by Gasteiger charge is -2.23. The number of ether oxygens (including phenoxy) is 3. The lowest BCUT2D eigenvalue weighted by Crippen LogP contribution is -2.42. The van der Waals surface area contributed by atoms with E-state index in [2.05, 4.69) is 5.32 Å². The first kappa shape index (κ1) is 25.9. The van der Waals surface area contributed by atoms with Crippen LogP contribution in [0.2, 0.25) is 0 Å². The molecule has 212 valence electrons. The van der Waals surface area contributed by atoms with Gasteiger partial charge < -0.3 is 24.4 Å². The zero-order valence-electron chi connectivity index (χ0n) is 21.6. The van der Waals surface area contributed by atoms with E-state index in [1.807, 2.05) is 24.3 Å². The molecule has 0 aromatic heterocycles. The molecule has 0 radical (unpaired) electrons. The van der Waals surface area contributed by atoms with Crippen LogP contribution in [0.3, 0.4) is 0 Å². The number of halogens is 4.